The summed E-state index contributed by atoms with van der Waals surface area (Å²) >= 11 is 0. The Hall–Kier alpha value is -7.70. The lowest BCUT2D eigenvalue weighted by Crippen LogP contribution is -1.94. The molecule has 0 spiro atoms. The van der Waals surface area contributed by atoms with Gasteiger partial charge in [0.2, 0.25) is 11.4 Å². The van der Waals surface area contributed by atoms with E-state index in [2.05, 4.69) is 109 Å². The topological polar surface area (TPSA) is 77.8 Å². The number of hydrogen-bond donors (Lipinski definition) is 0. The normalized spacial score (nSPS) is 11.6. The predicted octanol–water partition coefficient (Wildman–Crippen LogP) is 13.1. The second kappa shape index (κ2) is 13.0. The number of aromatic nitrogens is 4. The SMILES string of the molecule is c1ccc(-c2nc(-c3cccc(-c4cccc(-c5cccc(-c6nc(-c7ccccc7)c7c(n6)oc6ccccc67)c5)c4)c3)nc3oc4ccccc4c23)cc1. The molecule has 4 heterocycles. The van der Waals surface area contributed by atoms with E-state index in [1.54, 1.807) is 0 Å². The number of nitrogens with zero attached hydrogens (tertiary/aromatic N) is 4. The van der Waals surface area contributed by atoms with E-state index in [9.17, 15) is 0 Å². The highest BCUT2D eigenvalue weighted by Crippen LogP contribution is 2.39. The first-order chi connectivity index (χ1) is 27.7. The highest BCUT2D eigenvalue weighted by atomic mass is 16.3. The summed E-state index contributed by atoms with van der Waals surface area (Å²) < 4.78 is 12.6. The van der Waals surface area contributed by atoms with Crippen molar-refractivity contribution in [3.63, 3.8) is 0 Å². The van der Waals surface area contributed by atoms with Gasteiger partial charge in [0.15, 0.2) is 11.6 Å². The molecule has 6 nitrogen and oxygen atoms in total. The molecule has 0 saturated carbocycles. The zero-order valence-corrected chi connectivity index (χ0v) is 29.9. The molecule has 0 bridgehead atoms. The average Bonchev–Trinajstić information content (AvgIpc) is 3.85. The monoisotopic (exact) mass is 718 g/mol. The molecule has 7 aromatic carbocycles. The van der Waals surface area contributed by atoms with E-state index in [0.717, 1.165) is 88.6 Å². The largest absolute Gasteiger partial charge is 0.438 e. The molecule has 11 rings (SSSR count). The van der Waals surface area contributed by atoms with Gasteiger partial charge in [0.25, 0.3) is 0 Å². The number of hydrogen-bond acceptors (Lipinski definition) is 6. The molecule has 262 valence electrons. The summed E-state index contributed by atoms with van der Waals surface area (Å²) in [4.78, 5) is 20.3. The van der Waals surface area contributed by atoms with Crippen LogP contribution in [0.2, 0.25) is 0 Å². The first-order valence-corrected chi connectivity index (χ1v) is 18.5. The summed E-state index contributed by atoms with van der Waals surface area (Å²) in [6, 6.07) is 61.9. The maximum atomic E-state index is 6.30. The standard InChI is InChI=1S/C50H30N4O2/c1-3-14-31(15-4-1)45-43-39-24-7-9-26-41(39)55-49(43)53-47(51-45)37-22-12-20-35(29-37)33-18-11-19-34(28-33)36-21-13-23-38(30-36)48-52-46(32-16-5-2-6-17-32)44-40-25-8-10-27-42(40)56-50(44)54-48/h1-30H. The third-order valence-corrected chi connectivity index (χ3v) is 10.3. The minimum absolute atomic E-state index is 0.571. The lowest BCUT2D eigenvalue weighted by atomic mass is 9.96. The van der Waals surface area contributed by atoms with E-state index in [1.165, 1.54) is 0 Å². The summed E-state index contributed by atoms with van der Waals surface area (Å²) in [5.74, 6) is 1.22. The van der Waals surface area contributed by atoms with Crippen LogP contribution < -0.4 is 0 Å². The predicted molar refractivity (Wildman–Crippen MR) is 225 cm³/mol. The van der Waals surface area contributed by atoms with Crippen LogP contribution in [0.3, 0.4) is 0 Å². The summed E-state index contributed by atoms with van der Waals surface area (Å²) in [6.07, 6.45) is 0. The molecule has 56 heavy (non-hydrogen) atoms. The Morgan fingerprint density at radius 3 is 1.05 bits per heavy atom. The smallest absolute Gasteiger partial charge is 0.231 e. The van der Waals surface area contributed by atoms with E-state index < -0.39 is 0 Å². The third-order valence-electron chi connectivity index (χ3n) is 10.3. The molecule has 0 unspecified atom stereocenters. The maximum Gasteiger partial charge on any atom is 0.231 e. The Morgan fingerprint density at radius 1 is 0.286 bits per heavy atom. The van der Waals surface area contributed by atoms with E-state index in [0.29, 0.717) is 23.1 Å². The molecular weight excluding hydrogens is 689 g/mol. The highest BCUT2D eigenvalue weighted by molar-refractivity contribution is 6.11. The molecule has 0 aliphatic carbocycles. The molecule has 11 aromatic rings. The van der Waals surface area contributed by atoms with Crippen LogP contribution in [-0.4, -0.2) is 19.9 Å². The van der Waals surface area contributed by atoms with Crippen molar-refractivity contribution in [1.29, 1.82) is 0 Å². The molecule has 0 radical (unpaired) electrons. The molecule has 6 heteroatoms. The quantitative estimate of drug-likeness (QED) is 0.170. The number of benzene rings is 7. The summed E-state index contributed by atoms with van der Waals surface area (Å²) in [7, 11) is 0. The zero-order chi connectivity index (χ0) is 37.0. The molecule has 0 amide bonds. The van der Waals surface area contributed by atoms with E-state index >= 15 is 0 Å². The minimum Gasteiger partial charge on any atom is -0.438 e. The van der Waals surface area contributed by atoms with Crippen LogP contribution in [-0.2, 0) is 0 Å². The van der Waals surface area contributed by atoms with Gasteiger partial charge in [-0.25, -0.2) is 9.97 Å². The molecule has 0 aliphatic heterocycles. The van der Waals surface area contributed by atoms with E-state index in [4.69, 9.17) is 28.8 Å². The van der Waals surface area contributed by atoms with Crippen LogP contribution in [0.1, 0.15) is 0 Å². The minimum atomic E-state index is 0.571. The fourth-order valence-electron chi connectivity index (χ4n) is 7.67. The van der Waals surface area contributed by atoms with Gasteiger partial charge in [-0.2, -0.15) is 9.97 Å². The van der Waals surface area contributed by atoms with Crippen LogP contribution in [0, 0.1) is 0 Å². The van der Waals surface area contributed by atoms with Gasteiger partial charge in [-0.3, -0.25) is 0 Å². The summed E-state index contributed by atoms with van der Waals surface area (Å²) in [5, 5.41) is 3.84. The van der Waals surface area contributed by atoms with Crippen LogP contribution in [0.5, 0.6) is 0 Å². The summed E-state index contributed by atoms with van der Waals surface area (Å²) in [5.41, 5.74) is 12.5. The van der Waals surface area contributed by atoms with Gasteiger partial charge in [-0.05, 0) is 52.6 Å². The van der Waals surface area contributed by atoms with Crippen molar-refractivity contribution in [2.45, 2.75) is 0 Å². The molecular formula is C50H30N4O2. The second-order valence-electron chi connectivity index (χ2n) is 13.8. The van der Waals surface area contributed by atoms with E-state index in [-0.39, 0.29) is 0 Å². The van der Waals surface area contributed by atoms with Crippen molar-refractivity contribution < 1.29 is 8.83 Å². The van der Waals surface area contributed by atoms with Gasteiger partial charge < -0.3 is 8.83 Å². The molecule has 0 N–H and O–H groups in total. The molecule has 0 saturated heterocycles. The van der Waals surface area contributed by atoms with Crippen molar-refractivity contribution in [3.05, 3.63) is 182 Å². The molecule has 0 atom stereocenters. The van der Waals surface area contributed by atoms with E-state index in [1.807, 2.05) is 72.8 Å². The maximum absolute atomic E-state index is 6.30. The third kappa shape index (κ3) is 5.43. The fraction of sp³-hybridized carbons (Fsp3) is 0. The fourth-order valence-corrected chi connectivity index (χ4v) is 7.67. The van der Waals surface area contributed by atoms with Crippen molar-refractivity contribution >= 4 is 44.1 Å². The lowest BCUT2D eigenvalue weighted by Gasteiger charge is -2.10. The molecule has 0 fully saturated rings. The van der Waals surface area contributed by atoms with Crippen molar-refractivity contribution in [2.75, 3.05) is 0 Å². The molecule has 4 aromatic heterocycles. The van der Waals surface area contributed by atoms with Crippen LogP contribution >= 0.6 is 0 Å². The zero-order valence-electron chi connectivity index (χ0n) is 29.9. The average molecular weight is 719 g/mol. The van der Waals surface area contributed by atoms with Gasteiger partial charge in [0.05, 0.1) is 22.2 Å². The molecule has 0 aliphatic rings. The summed E-state index contributed by atoms with van der Waals surface area (Å²) in [6.45, 7) is 0. The number of fused-ring (bicyclic) bond motifs is 6. The Morgan fingerprint density at radius 2 is 0.625 bits per heavy atom. The Bertz CT molecular complexity index is 3040. The van der Waals surface area contributed by atoms with Crippen LogP contribution in [0.15, 0.2) is 191 Å². The van der Waals surface area contributed by atoms with Crippen LogP contribution in [0.25, 0.3) is 112 Å². The Balaban J connectivity index is 0.982. The van der Waals surface area contributed by atoms with Crippen molar-refractivity contribution in [2.24, 2.45) is 0 Å². The number of furan rings is 2. The van der Waals surface area contributed by atoms with Gasteiger partial charge >= 0.3 is 0 Å². The highest BCUT2D eigenvalue weighted by Gasteiger charge is 2.20. The number of para-hydroxylation sites is 2. The van der Waals surface area contributed by atoms with Crippen LogP contribution in [0.4, 0.5) is 0 Å². The lowest BCUT2D eigenvalue weighted by molar-refractivity contribution is 0.653. The van der Waals surface area contributed by atoms with Gasteiger partial charge in [0.1, 0.15) is 11.2 Å². The van der Waals surface area contributed by atoms with Gasteiger partial charge in [-0.1, -0.05) is 152 Å². The van der Waals surface area contributed by atoms with Crippen molar-refractivity contribution in [1.82, 2.24) is 19.9 Å². The second-order valence-corrected chi connectivity index (χ2v) is 13.8. The Labute approximate surface area is 321 Å². The first-order valence-electron chi connectivity index (χ1n) is 18.5. The first kappa shape index (κ1) is 31.8. The number of rotatable bonds is 6. The van der Waals surface area contributed by atoms with Gasteiger partial charge in [-0.15, -0.1) is 0 Å². The Kier molecular flexibility index (Phi) is 7.38. The van der Waals surface area contributed by atoms with Crippen molar-refractivity contribution in [3.8, 4) is 67.5 Å². The van der Waals surface area contributed by atoms with Gasteiger partial charge in [0, 0.05) is 33.0 Å².